The Bertz CT molecular complexity index is 1260. The molecule has 5 atom stereocenters. The summed E-state index contributed by atoms with van der Waals surface area (Å²) >= 11 is 6.45. The van der Waals surface area contributed by atoms with Crippen molar-refractivity contribution in [3.8, 4) is 11.5 Å². The third-order valence-electron chi connectivity index (χ3n) is 5.77. The molecule has 2 saturated heterocycles. The quantitative estimate of drug-likeness (QED) is 0.173. The third kappa shape index (κ3) is 7.74. The Morgan fingerprint density at radius 1 is 0.927 bits per heavy atom. The molecule has 0 saturated carbocycles. The Kier molecular flexibility index (Phi) is 10.7. The Balaban J connectivity index is 2.08. The van der Waals surface area contributed by atoms with Crippen molar-refractivity contribution >= 4 is 64.2 Å². The minimum absolute atomic E-state index is 0.0315. The molecular formula is C26H29NO12S2. The van der Waals surface area contributed by atoms with Gasteiger partial charge in [0.1, 0.15) is 24.2 Å². The van der Waals surface area contributed by atoms with Gasteiger partial charge in [-0.2, -0.15) is 0 Å². The van der Waals surface area contributed by atoms with Gasteiger partial charge in [0.25, 0.3) is 5.91 Å². The molecule has 0 aliphatic carbocycles. The summed E-state index contributed by atoms with van der Waals surface area (Å²) in [5.74, 6) is -2.68. The van der Waals surface area contributed by atoms with Crippen LogP contribution in [-0.2, 0) is 47.7 Å². The highest BCUT2D eigenvalue weighted by Gasteiger charge is 2.56. The van der Waals surface area contributed by atoms with Crippen LogP contribution in [0, 0.1) is 0 Å². The average molecular weight is 612 g/mol. The van der Waals surface area contributed by atoms with Gasteiger partial charge in [-0.05, 0) is 24.3 Å². The molecule has 0 N–H and O–H groups in total. The van der Waals surface area contributed by atoms with E-state index in [0.29, 0.717) is 17.1 Å². The maximum absolute atomic E-state index is 13.7. The number of ether oxygens (including phenoxy) is 7. The van der Waals surface area contributed by atoms with Crippen LogP contribution in [0.1, 0.15) is 33.3 Å². The van der Waals surface area contributed by atoms with Crippen molar-refractivity contribution in [1.82, 2.24) is 4.90 Å². The predicted octanol–water partition coefficient (Wildman–Crippen LogP) is 1.99. The van der Waals surface area contributed by atoms with E-state index in [-0.39, 0.29) is 9.23 Å². The number of amides is 1. The van der Waals surface area contributed by atoms with E-state index in [9.17, 15) is 24.0 Å². The zero-order valence-corrected chi connectivity index (χ0v) is 24.7. The molecule has 0 unspecified atom stereocenters. The number of thiocarbonyl (C=S) groups is 1. The topological polar surface area (TPSA) is 153 Å². The van der Waals surface area contributed by atoms with Gasteiger partial charge in [-0.1, -0.05) is 24.0 Å². The van der Waals surface area contributed by atoms with Gasteiger partial charge < -0.3 is 33.2 Å². The van der Waals surface area contributed by atoms with Gasteiger partial charge >= 0.3 is 23.9 Å². The lowest BCUT2D eigenvalue weighted by Crippen LogP contribution is -2.66. The Labute approximate surface area is 245 Å². The first-order valence-electron chi connectivity index (χ1n) is 12.2. The molecule has 2 aliphatic heterocycles. The predicted molar refractivity (Wildman–Crippen MR) is 147 cm³/mol. The van der Waals surface area contributed by atoms with Crippen LogP contribution in [0.15, 0.2) is 23.1 Å². The molecule has 1 amide bonds. The van der Waals surface area contributed by atoms with Crippen LogP contribution in [0.3, 0.4) is 0 Å². The van der Waals surface area contributed by atoms with Crippen molar-refractivity contribution in [2.24, 2.45) is 0 Å². The second-order valence-electron chi connectivity index (χ2n) is 8.75. The van der Waals surface area contributed by atoms with Gasteiger partial charge in [-0.25, -0.2) is 0 Å². The summed E-state index contributed by atoms with van der Waals surface area (Å²) < 4.78 is 38.2. The van der Waals surface area contributed by atoms with Gasteiger partial charge in [0.15, 0.2) is 28.9 Å². The average Bonchev–Trinajstić information content (AvgIpc) is 3.16. The van der Waals surface area contributed by atoms with Gasteiger partial charge in [0.2, 0.25) is 0 Å². The van der Waals surface area contributed by atoms with Crippen molar-refractivity contribution in [3.05, 3.63) is 28.7 Å². The minimum atomic E-state index is -1.48. The van der Waals surface area contributed by atoms with E-state index >= 15 is 0 Å². The lowest BCUT2D eigenvalue weighted by atomic mass is 9.96. The number of thioether (sulfide) groups is 1. The summed E-state index contributed by atoms with van der Waals surface area (Å²) in [6, 6.07) is 5.03. The second kappa shape index (κ2) is 13.8. The first-order chi connectivity index (χ1) is 19.4. The van der Waals surface area contributed by atoms with Crippen LogP contribution < -0.4 is 9.47 Å². The highest BCUT2D eigenvalue weighted by atomic mass is 32.2. The number of nitrogens with zero attached hydrogens (tertiary/aromatic N) is 1. The molecule has 3 rings (SSSR count). The van der Waals surface area contributed by atoms with Gasteiger partial charge in [0, 0.05) is 33.3 Å². The number of methoxy groups -OCH3 is 2. The van der Waals surface area contributed by atoms with Crippen molar-refractivity contribution in [2.45, 2.75) is 58.3 Å². The largest absolute Gasteiger partial charge is 0.497 e. The number of benzene rings is 1. The van der Waals surface area contributed by atoms with Crippen molar-refractivity contribution in [2.75, 3.05) is 20.8 Å². The summed E-state index contributed by atoms with van der Waals surface area (Å²) in [6.45, 7) is 4.03. The van der Waals surface area contributed by atoms with E-state index in [1.54, 1.807) is 24.3 Å². The van der Waals surface area contributed by atoms with Crippen LogP contribution in [0.25, 0.3) is 6.08 Å². The molecule has 0 bridgehead atoms. The van der Waals surface area contributed by atoms with E-state index in [4.69, 9.17) is 45.4 Å². The highest BCUT2D eigenvalue weighted by Crippen LogP contribution is 2.40. The Morgan fingerprint density at radius 3 is 2.10 bits per heavy atom. The maximum atomic E-state index is 13.7. The van der Waals surface area contributed by atoms with Crippen molar-refractivity contribution < 1.29 is 57.1 Å². The van der Waals surface area contributed by atoms with Crippen molar-refractivity contribution in [3.63, 3.8) is 0 Å². The Morgan fingerprint density at radius 2 is 1.54 bits per heavy atom. The van der Waals surface area contributed by atoms with Crippen LogP contribution in [0.2, 0.25) is 0 Å². The molecule has 1 aromatic rings. The molecule has 222 valence electrons. The SMILES string of the molecule is COc1ccc(OC)c(/C=C2/SC(=S)N([C@@H]3O[C@H](COC(C)=O)[C@H](OC(C)=O)[C@H](OC(C)=O)[C@@H]3OC(C)=O)C2=O)c1. The summed E-state index contributed by atoms with van der Waals surface area (Å²) in [7, 11) is 2.97. The minimum Gasteiger partial charge on any atom is -0.497 e. The number of hydrogen-bond acceptors (Lipinski definition) is 14. The van der Waals surface area contributed by atoms with Crippen molar-refractivity contribution in [1.29, 1.82) is 0 Å². The first kappa shape index (κ1) is 31.8. The van der Waals surface area contributed by atoms with Gasteiger partial charge in [-0.15, -0.1) is 0 Å². The molecule has 0 aromatic heterocycles. The summed E-state index contributed by atoms with van der Waals surface area (Å²) in [5.41, 5.74) is 0.522. The van der Waals surface area contributed by atoms with E-state index < -0.39 is 67.0 Å². The molecule has 2 aliphatic rings. The highest BCUT2D eigenvalue weighted by molar-refractivity contribution is 8.26. The molecule has 41 heavy (non-hydrogen) atoms. The number of carbonyl (C=O) groups excluding carboxylic acids is 5. The van der Waals surface area contributed by atoms with E-state index in [1.165, 1.54) is 14.2 Å². The molecule has 0 spiro atoms. The van der Waals surface area contributed by atoms with Gasteiger partial charge in [-0.3, -0.25) is 28.9 Å². The number of esters is 4. The maximum Gasteiger partial charge on any atom is 0.303 e. The number of carbonyl (C=O) groups is 5. The summed E-state index contributed by atoms with van der Waals surface area (Å²) in [6.07, 6.45) is -5.45. The summed E-state index contributed by atoms with van der Waals surface area (Å²) in [4.78, 5) is 62.8. The second-order valence-corrected chi connectivity index (χ2v) is 10.4. The molecule has 0 radical (unpaired) electrons. The van der Waals surface area contributed by atoms with E-state index in [1.807, 2.05) is 0 Å². The fraction of sp³-hybridized carbons (Fsp3) is 0.462. The molecule has 1 aromatic carbocycles. The van der Waals surface area contributed by atoms with Crippen LogP contribution in [0.5, 0.6) is 11.5 Å². The molecule has 2 heterocycles. The van der Waals surface area contributed by atoms with Crippen LogP contribution in [0.4, 0.5) is 0 Å². The molecule has 13 nitrogen and oxygen atoms in total. The van der Waals surface area contributed by atoms with E-state index in [2.05, 4.69) is 0 Å². The summed E-state index contributed by atoms with van der Waals surface area (Å²) in [5, 5.41) is 0. The first-order valence-corrected chi connectivity index (χ1v) is 13.4. The Hall–Kier alpha value is -3.69. The van der Waals surface area contributed by atoms with Gasteiger partial charge in [0.05, 0.1) is 19.1 Å². The third-order valence-corrected chi connectivity index (χ3v) is 7.10. The fourth-order valence-corrected chi connectivity index (χ4v) is 5.51. The number of rotatable bonds is 9. The van der Waals surface area contributed by atoms with E-state index in [0.717, 1.165) is 44.4 Å². The normalized spacial score (nSPS) is 25.0. The fourth-order valence-electron chi connectivity index (χ4n) is 4.21. The monoisotopic (exact) mass is 611 g/mol. The van der Waals surface area contributed by atoms with Crippen LogP contribution >= 0.6 is 24.0 Å². The van der Waals surface area contributed by atoms with Crippen LogP contribution in [-0.4, -0.2) is 90.5 Å². The molecule has 2 fully saturated rings. The lowest BCUT2D eigenvalue weighted by Gasteiger charge is -2.46. The molecular weight excluding hydrogens is 582 g/mol. The molecule has 15 heteroatoms. The standard InChI is InChI=1S/C26H29NO12S2/c1-12(28)35-11-19-21(36-13(2)29)22(37-14(3)30)23(38-15(4)31)25(39-19)27-24(32)20(41-26(27)40)10-16-9-17(33-5)7-8-18(16)34-6/h7-10,19,21-23,25H,11H2,1-6H3/b20-10+/t19-,21+,22+,23+,25-/m1/s1. The zero-order chi connectivity index (χ0) is 30.4. The smallest absolute Gasteiger partial charge is 0.303 e. The zero-order valence-electron chi connectivity index (χ0n) is 23.1. The lowest BCUT2D eigenvalue weighted by molar-refractivity contribution is -0.268. The number of hydrogen-bond donors (Lipinski definition) is 0.